The van der Waals surface area contributed by atoms with Gasteiger partial charge in [0.15, 0.2) is 11.4 Å². The van der Waals surface area contributed by atoms with Gasteiger partial charge in [0.05, 0.1) is 11.4 Å². The number of nitrogens with one attached hydrogen (secondary N) is 2. The normalized spacial score (nSPS) is 10.8. The first kappa shape index (κ1) is 13.3. The molecule has 1 aromatic rings. The Morgan fingerprint density at radius 2 is 2.35 bits per heavy atom. The second kappa shape index (κ2) is 6.76. The lowest BCUT2D eigenvalue weighted by Gasteiger charge is -2.08. The highest BCUT2D eigenvalue weighted by Crippen LogP contribution is 2.26. The molecule has 4 nitrogen and oxygen atoms in total. The molecule has 1 aromatic carbocycles. The fraction of sp³-hybridized carbons (Fsp3) is 0.273. The molecular formula is C11H13FN4S. The minimum atomic E-state index is -0.359. The van der Waals surface area contributed by atoms with Gasteiger partial charge in [-0.3, -0.25) is 5.32 Å². The van der Waals surface area contributed by atoms with Crippen LogP contribution in [0.3, 0.4) is 0 Å². The van der Waals surface area contributed by atoms with Crippen molar-refractivity contribution in [1.29, 1.82) is 5.26 Å². The number of amidine groups is 1. The van der Waals surface area contributed by atoms with Crippen molar-refractivity contribution in [3.05, 3.63) is 24.0 Å². The topological polar surface area (TPSA) is 60.2 Å². The number of nitriles is 1. The van der Waals surface area contributed by atoms with Crippen LogP contribution in [0.1, 0.15) is 6.92 Å². The molecule has 0 amide bonds. The second-order valence-electron chi connectivity index (χ2n) is 3.05. The lowest BCUT2D eigenvalue weighted by molar-refractivity contribution is 0.628. The fourth-order valence-corrected chi connectivity index (χ4v) is 1.56. The van der Waals surface area contributed by atoms with Crippen LogP contribution in [0.5, 0.6) is 0 Å². The summed E-state index contributed by atoms with van der Waals surface area (Å²) in [5.74, 6) is -0.359. The van der Waals surface area contributed by atoms with Crippen molar-refractivity contribution < 1.29 is 4.39 Å². The Morgan fingerprint density at radius 3 is 2.94 bits per heavy atom. The van der Waals surface area contributed by atoms with Crippen LogP contribution in [-0.2, 0) is 0 Å². The molecule has 0 aromatic heterocycles. The van der Waals surface area contributed by atoms with Gasteiger partial charge < -0.3 is 5.32 Å². The Bertz CT molecular complexity index is 453. The molecule has 0 aliphatic rings. The second-order valence-corrected chi connectivity index (χ2v) is 3.84. The van der Waals surface area contributed by atoms with E-state index >= 15 is 0 Å². The summed E-state index contributed by atoms with van der Waals surface area (Å²) in [6, 6.07) is 4.32. The van der Waals surface area contributed by atoms with E-state index in [2.05, 4.69) is 15.6 Å². The molecule has 0 fully saturated rings. The number of rotatable bonds is 3. The van der Waals surface area contributed by atoms with E-state index in [9.17, 15) is 4.39 Å². The predicted octanol–water partition coefficient (Wildman–Crippen LogP) is 2.68. The number of anilines is 1. The highest BCUT2D eigenvalue weighted by atomic mass is 32.2. The van der Waals surface area contributed by atoms with Gasteiger partial charge in [-0.05, 0) is 25.3 Å². The SMILES string of the molecule is CCNc1ccc(F)cc1N=C(NC#N)SC. The predicted molar refractivity (Wildman–Crippen MR) is 69.9 cm³/mol. The van der Waals surface area contributed by atoms with Crippen LogP contribution >= 0.6 is 11.8 Å². The molecule has 0 spiro atoms. The Hall–Kier alpha value is -1.74. The molecule has 0 aliphatic heterocycles. The summed E-state index contributed by atoms with van der Waals surface area (Å²) in [6.45, 7) is 2.66. The van der Waals surface area contributed by atoms with E-state index in [0.717, 1.165) is 5.69 Å². The number of thioether (sulfide) groups is 1. The van der Waals surface area contributed by atoms with Crippen molar-refractivity contribution in [3.63, 3.8) is 0 Å². The van der Waals surface area contributed by atoms with Crippen molar-refractivity contribution in [1.82, 2.24) is 5.32 Å². The van der Waals surface area contributed by atoms with E-state index in [1.54, 1.807) is 18.5 Å². The van der Waals surface area contributed by atoms with E-state index in [1.807, 2.05) is 6.92 Å². The number of aliphatic imine (C=N–C) groups is 1. The van der Waals surface area contributed by atoms with Crippen LogP contribution in [-0.4, -0.2) is 18.0 Å². The maximum absolute atomic E-state index is 13.1. The van der Waals surface area contributed by atoms with Crippen molar-refractivity contribution in [2.75, 3.05) is 18.1 Å². The fourth-order valence-electron chi connectivity index (χ4n) is 1.22. The third kappa shape index (κ3) is 3.96. The zero-order chi connectivity index (χ0) is 12.7. The van der Waals surface area contributed by atoms with Gasteiger partial charge in [-0.2, -0.15) is 5.26 Å². The van der Waals surface area contributed by atoms with Crippen molar-refractivity contribution >= 4 is 28.3 Å². The first-order chi connectivity index (χ1) is 8.21. The minimum Gasteiger partial charge on any atom is -0.384 e. The standard InChI is InChI=1S/C11H13FN4S/c1-3-14-9-5-4-8(12)6-10(9)16-11(17-2)15-7-13/h4-6,14H,3H2,1-2H3,(H,15,16). The van der Waals surface area contributed by atoms with E-state index in [4.69, 9.17) is 5.26 Å². The third-order valence-electron chi connectivity index (χ3n) is 1.91. The highest BCUT2D eigenvalue weighted by molar-refractivity contribution is 8.13. The summed E-state index contributed by atoms with van der Waals surface area (Å²) in [5.41, 5.74) is 1.21. The minimum absolute atomic E-state index is 0.359. The molecule has 2 N–H and O–H groups in total. The molecular weight excluding hydrogens is 239 g/mol. The smallest absolute Gasteiger partial charge is 0.183 e. The Morgan fingerprint density at radius 1 is 1.59 bits per heavy atom. The van der Waals surface area contributed by atoms with Crippen LogP contribution in [0, 0.1) is 17.3 Å². The Kier molecular flexibility index (Phi) is 5.30. The molecule has 1 rings (SSSR count). The number of benzene rings is 1. The first-order valence-electron chi connectivity index (χ1n) is 5.02. The summed E-state index contributed by atoms with van der Waals surface area (Å²) in [5, 5.41) is 14.5. The quantitative estimate of drug-likeness (QED) is 0.376. The molecule has 90 valence electrons. The van der Waals surface area contributed by atoms with E-state index in [-0.39, 0.29) is 5.82 Å². The lowest BCUT2D eigenvalue weighted by atomic mass is 10.2. The van der Waals surface area contributed by atoms with Gasteiger partial charge in [0, 0.05) is 12.6 Å². The molecule has 17 heavy (non-hydrogen) atoms. The van der Waals surface area contributed by atoms with E-state index in [0.29, 0.717) is 17.4 Å². The lowest BCUT2D eigenvalue weighted by Crippen LogP contribution is -2.12. The van der Waals surface area contributed by atoms with Crippen molar-refractivity contribution in [3.8, 4) is 6.19 Å². The number of hydrogen-bond donors (Lipinski definition) is 2. The van der Waals surface area contributed by atoms with Gasteiger partial charge >= 0.3 is 0 Å². The highest BCUT2D eigenvalue weighted by Gasteiger charge is 2.04. The Balaban J connectivity index is 3.10. The van der Waals surface area contributed by atoms with Gasteiger partial charge in [0.25, 0.3) is 0 Å². The molecule has 0 bridgehead atoms. The molecule has 6 heteroatoms. The molecule has 0 saturated carbocycles. The van der Waals surface area contributed by atoms with E-state index in [1.165, 1.54) is 23.9 Å². The summed E-state index contributed by atoms with van der Waals surface area (Å²) in [7, 11) is 0. The average Bonchev–Trinajstić information content (AvgIpc) is 2.32. The maximum atomic E-state index is 13.1. The number of halogens is 1. The van der Waals surface area contributed by atoms with Crippen LogP contribution in [0.25, 0.3) is 0 Å². The summed E-state index contributed by atoms with van der Waals surface area (Å²) >= 11 is 1.29. The van der Waals surface area contributed by atoms with Crippen LogP contribution < -0.4 is 10.6 Å². The van der Waals surface area contributed by atoms with Gasteiger partial charge in [0.1, 0.15) is 5.82 Å². The molecule has 0 heterocycles. The van der Waals surface area contributed by atoms with Crippen molar-refractivity contribution in [2.24, 2.45) is 4.99 Å². The summed E-state index contributed by atoms with van der Waals surface area (Å²) in [4.78, 5) is 4.19. The van der Waals surface area contributed by atoms with Crippen LogP contribution in [0.15, 0.2) is 23.2 Å². The summed E-state index contributed by atoms with van der Waals surface area (Å²) in [6.07, 6.45) is 3.58. The van der Waals surface area contributed by atoms with Gasteiger partial charge in [0.2, 0.25) is 0 Å². The number of hydrogen-bond acceptors (Lipinski definition) is 4. The van der Waals surface area contributed by atoms with Gasteiger partial charge in [-0.15, -0.1) is 0 Å². The van der Waals surface area contributed by atoms with Gasteiger partial charge in [-0.1, -0.05) is 11.8 Å². The largest absolute Gasteiger partial charge is 0.384 e. The molecule has 0 unspecified atom stereocenters. The molecule has 0 radical (unpaired) electrons. The molecule has 0 saturated heterocycles. The third-order valence-corrected chi connectivity index (χ3v) is 2.49. The number of nitrogens with zero attached hydrogens (tertiary/aromatic N) is 2. The maximum Gasteiger partial charge on any atom is 0.183 e. The molecule has 0 atom stereocenters. The molecule has 0 aliphatic carbocycles. The van der Waals surface area contributed by atoms with Crippen molar-refractivity contribution in [2.45, 2.75) is 6.92 Å². The zero-order valence-corrected chi connectivity index (χ0v) is 10.4. The Labute approximate surface area is 104 Å². The first-order valence-corrected chi connectivity index (χ1v) is 6.25. The summed E-state index contributed by atoms with van der Waals surface area (Å²) < 4.78 is 13.1. The van der Waals surface area contributed by atoms with E-state index < -0.39 is 0 Å². The average molecular weight is 252 g/mol. The van der Waals surface area contributed by atoms with Crippen LogP contribution in [0.2, 0.25) is 0 Å². The van der Waals surface area contributed by atoms with Crippen LogP contribution in [0.4, 0.5) is 15.8 Å². The monoisotopic (exact) mass is 252 g/mol. The van der Waals surface area contributed by atoms with Gasteiger partial charge in [-0.25, -0.2) is 9.38 Å². The zero-order valence-electron chi connectivity index (χ0n) is 9.62.